The Kier molecular flexibility index (Phi) is 9.29. The first-order valence-corrected chi connectivity index (χ1v) is 12.7. The minimum Gasteiger partial charge on any atom is -0.489 e. The van der Waals surface area contributed by atoms with E-state index >= 15 is 0 Å². The number of carbonyl (C=O) groups excluding carboxylic acids is 2. The van der Waals surface area contributed by atoms with Crippen LogP contribution in [0.1, 0.15) is 101 Å². The van der Waals surface area contributed by atoms with Crippen LogP contribution in [0.3, 0.4) is 0 Å². The predicted molar refractivity (Wildman–Crippen MR) is 135 cm³/mol. The van der Waals surface area contributed by atoms with Crippen molar-refractivity contribution >= 4 is 12.1 Å². The molecule has 178 valence electrons. The molecule has 0 saturated heterocycles. The van der Waals surface area contributed by atoms with E-state index in [0.29, 0.717) is 25.9 Å². The molecular weight excluding hydrogens is 408 g/mol. The highest BCUT2D eigenvalue weighted by molar-refractivity contribution is 5.80. The zero-order valence-electron chi connectivity index (χ0n) is 20.6. The average molecular weight is 449 g/mol. The van der Waals surface area contributed by atoms with Gasteiger partial charge in [0.15, 0.2) is 0 Å². The lowest BCUT2D eigenvalue weighted by molar-refractivity contribution is -0.122. The summed E-state index contributed by atoms with van der Waals surface area (Å²) in [6.45, 7) is 7.36. The van der Waals surface area contributed by atoms with Gasteiger partial charge in [-0.15, -0.1) is 0 Å². The molecule has 1 fully saturated rings. The zero-order valence-corrected chi connectivity index (χ0v) is 20.6. The van der Waals surface area contributed by atoms with E-state index in [0.717, 1.165) is 36.0 Å². The lowest BCUT2D eigenvalue weighted by atomic mass is 9.72. The summed E-state index contributed by atoms with van der Waals surface area (Å²) in [5.41, 5.74) is 3.54. The molecule has 0 heterocycles. The molecule has 3 heteroatoms. The van der Waals surface area contributed by atoms with Gasteiger partial charge in [0, 0.05) is 19.3 Å². The van der Waals surface area contributed by atoms with Crippen molar-refractivity contribution in [1.29, 1.82) is 0 Å². The standard InChI is InChI=1S/C30H40O3/c1-4-5-6-10-18-30(2,3)25-14-16-27(28-21-26(32)15-13-24(28)17-19-31)29(20-25)33-22-23-11-8-7-9-12-23/h7-9,11-12,14,16,19-20,24,28H,4-6,10,13,15,17-18,21-22H2,1-3H3/t24-,28+/m0/s1. The Bertz CT molecular complexity index is 900. The summed E-state index contributed by atoms with van der Waals surface area (Å²) in [7, 11) is 0. The Morgan fingerprint density at radius 2 is 1.85 bits per heavy atom. The van der Waals surface area contributed by atoms with Crippen LogP contribution in [0.5, 0.6) is 5.75 Å². The van der Waals surface area contributed by atoms with Crippen LogP contribution in [-0.4, -0.2) is 12.1 Å². The molecule has 0 radical (unpaired) electrons. The fourth-order valence-corrected chi connectivity index (χ4v) is 5.09. The molecule has 1 saturated carbocycles. The molecule has 2 aromatic rings. The third kappa shape index (κ3) is 7.03. The molecular formula is C30H40O3. The predicted octanol–water partition coefficient (Wildman–Crippen LogP) is 7.56. The summed E-state index contributed by atoms with van der Waals surface area (Å²) >= 11 is 0. The summed E-state index contributed by atoms with van der Waals surface area (Å²) in [5, 5.41) is 0. The van der Waals surface area contributed by atoms with Gasteiger partial charge >= 0.3 is 0 Å². The summed E-state index contributed by atoms with van der Waals surface area (Å²) in [6.07, 6.45) is 9.53. The lowest BCUT2D eigenvalue weighted by Gasteiger charge is -2.32. The maximum absolute atomic E-state index is 12.4. The maximum Gasteiger partial charge on any atom is 0.133 e. The highest BCUT2D eigenvalue weighted by Gasteiger charge is 2.33. The van der Waals surface area contributed by atoms with Crippen LogP contribution in [0.15, 0.2) is 48.5 Å². The number of aldehydes is 1. The van der Waals surface area contributed by atoms with Gasteiger partial charge < -0.3 is 9.53 Å². The van der Waals surface area contributed by atoms with E-state index in [1.54, 1.807) is 0 Å². The second-order valence-electron chi connectivity index (χ2n) is 10.3. The summed E-state index contributed by atoms with van der Waals surface area (Å²) < 4.78 is 6.42. The van der Waals surface area contributed by atoms with E-state index in [-0.39, 0.29) is 23.0 Å². The Balaban J connectivity index is 1.90. The van der Waals surface area contributed by atoms with E-state index in [4.69, 9.17) is 4.74 Å². The smallest absolute Gasteiger partial charge is 0.133 e. The van der Waals surface area contributed by atoms with Crippen molar-refractivity contribution in [1.82, 2.24) is 0 Å². The molecule has 33 heavy (non-hydrogen) atoms. The molecule has 2 aromatic carbocycles. The van der Waals surface area contributed by atoms with Gasteiger partial charge in [-0.3, -0.25) is 4.79 Å². The van der Waals surface area contributed by atoms with Gasteiger partial charge in [0.1, 0.15) is 24.4 Å². The topological polar surface area (TPSA) is 43.4 Å². The number of unbranched alkanes of at least 4 members (excludes halogenated alkanes) is 3. The van der Waals surface area contributed by atoms with Crippen LogP contribution in [0.2, 0.25) is 0 Å². The van der Waals surface area contributed by atoms with Crippen molar-refractivity contribution in [3.8, 4) is 5.75 Å². The van der Waals surface area contributed by atoms with Crippen molar-refractivity contribution in [2.75, 3.05) is 0 Å². The van der Waals surface area contributed by atoms with Crippen LogP contribution in [0.4, 0.5) is 0 Å². The van der Waals surface area contributed by atoms with Crippen LogP contribution in [0.25, 0.3) is 0 Å². The SMILES string of the molecule is CCCCCCC(C)(C)c1ccc([C@@H]2CC(=O)CC[C@H]2CC=O)c(OCc2ccccc2)c1. The van der Waals surface area contributed by atoms with Gasteiger partial charge in [-0.1, -0.05) is 88.9 Å². The monoisotopic (exact) mass is 448 g/mol. The summed E-state index contributed by atoms with van der Waals surface area (Å²) in [4.78, 5) is 23.7. The van der Waals surface area contributed by atoms with Gasteiger partial charge in [0.25, 0.3) is 0 Å². The van der Waals surface area contributed by atoms with Crippen molar-refractivity contribution in [3.63, 3.8) is 0 Å². The van der Waals surface area contributed by atoms with Crippen LogP contribution in [-0.2, 0) is 21.6 Å². The molecule has 1 aliphatic rings. The fraction of sp³-hybridized carbons (Fsp3) is 0.533. The van der Waals surface area contributed by atoms with Gasteiger partial charge in [0.05, 0.1) is 0 Å². The van der Waals surface area contributed by atoms with Crippen molar-refractivity contribution in [2.45, 2.75) is 96.5 Å². The number of rotatable bonds is 12. The van der Waals surface area contributed by atoms with E-state index in [2.05, 4.69) is 51.1 Å². The minimum atomic E-state index is 0.0453. The zero-order chi connectivity index (χ0) is 23.7. The first kappa shape index (κ1) is 25.2. The van der Waals surface area contributed by atoms with Gasteiger partial charge in [-0.2, -0.15) is 0 Å². The summed E-state index contributed by atoms with van der Waals surface area (Å²) in [5.74, 6) is 1.40. The Morgan fingerprint density at radius 1 is 1.06 bits per heavy atom. The number of benzene rings is 2. The molecule has 1 aliphatic carbocycles. The van der Waals surface area contributed by atoms with Crippen LogP contribution in [0, 0.1) is 5.92 Å². The van der Waals surface area contributed by atoms with Crippen molar-refractivity contribution in [2.24, 2.45) is 5.92 Å². The first-order chi connectivity index (χ1) is 15.9. The molecule has 0 amide bonds. The summed E-state index contributed by atoms with van der Waals surface area (Å²) in [6, 6.07) is 16.8. The Hall–Kier alpha value is -2.42. The maximum atomic E-state index is 12.4. The first-order valence-electron chi connectivity index (χ1n) is 12.7. The molecule has 3 rings (SSSR count). The molecule has 0 spiro atoms. The molecule has 0 bridgehead atoms. The number of ketones is 1. The number of Topliss-reactive ketones (excluding diaryl/α,β-unsaturated/α-hetero) is 1. The normalized spacial score (nSPS) is 18.8. The van der Waals surface area contributed by atoms with Crippen molar-refractivity contribution in [3.05, 3.63) is 65.2 Å². The van der Waals surface area contributed by atoms with E-state index in [1.807, 2.05) is 18.2 Å². The van der Waals surface area contributed by atoms with E-state index < -0.39 is 0 Å². The third-order valence-corrected chi connectivity index (χ3v) is 7.30. The number of hydrogen-bond acceptors (Lipinski definition) is 3. The third-order valence-electron chi connectivity index (χ3n) is 7.30. The molecule has 3 nitrogen and oxygen atoms in total. The molecule has 0 aromatic heterocycles. The van der Waals surface area contributed by atoms with Gasteiger partial charge in [0.2, 0.25) is 0 Å². The van der Waals surface area contributed by atoms with Crippen LogP contribution >= 0.6 is 0 Å². The van der Waals surface area contributed by atoms with Crippen molar-refractivity contribution < 1.29 is 14.3 Å². The van der Waals surface area contributed by atoms with E-state index in [9.17, 15) is 9.59 Å². The molecule has 0 unspecified atom stereocenters. The lowest BCUT2D eigenvalue weighted by Crippen LogP contribution is -2.25. The van der Waals surface area contributed by atoms with Crippen LogP contribution < -0.4 is 4.74 Å². The number of ether oxygens (including phenoxy) is 1. The molecule has 0 aliphatic heterocycles. The van der Waals surface area contributed by atoms with Gasteiger partial charge in [-0.25, -0.2) is 0 Å². The Morgan fingerprint density at radius 3 is 2.58 bits per heavy atom. The quantitative estimate of drug-likeness (QED) is 0.249. The second kappa shape index (κ2) is 12.2. The molecule has 0 N–H and O–H groups in total. The highest BCUT2D eigenvalue weighted by Crippen LogP contribution is 2.43. The number of carbonyl (C=O) groups is 2. The van der Waals surface area contributed by atoms with E-state index in [1.165, 1.54) is 31.2 Å². The largest absolute Gasteiger partial charge is 0.489 e. The van der Waals surface area contributed by atoms with Gasteiger partial charge in [-0.05, 0) is 52.8 Å². The average Bonchev–Trinajstić information content (AvgIpc) is 2.82. The molecule has 2 atom stereocenters. The second-order valence-corrected chi connectivity index (χ2v) is 10.3. The highest BCUT2D eigenvalue weighted by atomic mass is 16.5. The number of hydrogen-bond donors (Lipinski definition) is 0. The Labute approximate surface area is 199 Å². The fourth-order valence-electron chi connectivity index (χ4n) is 5.09. The minimum absolute atomic E-state index is 0.0453.